The Labute approximate surface area is 142 Å². The summed E-state index contributed by atoms with van der Waals surface area (Å²) in [4.78, 5) is 24.2. The molecular formula is C20H24N2O2. The average Bonchev–Trinajstić information content (AvgIpc) is 2.60. The summed E-state index contributed by atoms with van der Waals surface area (Å²) in [5.74, 6) is -0.495. The van der Waals surface area contributed by atoms with Crippen LogP contribution in [0.3, 0.4) is 0 Å². The Morgan fingerprint density at radius 3 is 2.42 bits per heavy atom. The molecule has 0 heterocycles. The second-order valence-electron chi connectivity index (χ2n) is 6.74. The highest BCUT2D eigenvalue weighted by atomic mass is 16.2. The number of fused-ring (bicyclic) bond motifs is 1. The molecule has 0 saturated heterocycles. The molecule has 0 bridgehead atoms. The molecule has 2 amide bonds. The highest BCUT2D eigenvalue weighted by molar-refractivity contribution is 5.90. The molecule has 0 radical (unpaired) electrons. The van der Waals surface area contributed by atoms with Gasteiger partial charge in [-0.3, -0.25) is 9.59 Å². The first-order chi connectivity index (χ1) is 11.6. The zero-order chi connectivity index (χ0) is 17.0. The topological polar surface area (TPSA) is 72.2 Å². The maximum atomic E-state index is 12.3. The number of hydrogen-bond acceptors (Lipinski definition) is 2. The van der Waals surface area contributed by atoms with Crippen LogP contribution in [0.15, 0.2) is 42.5 Å². The summed E-state index contributed by atoms with van der Waals surface area (Å²) in [6.07, 6.45) is 5.32. The zero-order valence-corrected chi connectivity index (χ0v) is 13.9. The molecule has 126 valence electrons. The lowest BCUT2D eigenvalue weighted by Gasteiger charge is -2.35. The summed E-state index contributed by atoms with van der Waals surface area (Å²) < 4.78 is 0. The van der Waals surface area contributed by atoms with Gasteiger partial charge >= 0.3 is 0 Å². The van der Waals surface area contributed by atoms with Gasteiger partial charge in [-0.15, -0.1) is 0 Å². The number of carbonyl (C=O) groups excluding carboxylic acids is 2. The van der Waals surface area contributed by atoms with Gasteiger partial charge in [0.2, 0.25) is 11.8 Å². The van der Waals surface area contributed by atoms with Gasteiger partial charge in [0.05, 0.1) is 0 Å². The van der Waals surface area contributed by atoms with Gasteiger partial charge < -0.3 is 11.1 Å². The van der Waals surface area contributed by atoms with Crippen molar-refractivity contribution < 1.29 is 9.59 Å². The first kappa shape index (κ1) is 16.5. The number of primary amides is 1. The fourth-order valence-corrected chi connectivity index (χ4v) is 3.57. The minimum Gasteiger partial charge on any atom is -0.368 e. The van der Waals surface area contributed by atoms with Crippen molar-refractivity contribution in [1.82, 2.24) is 5.32 Å². The van der Waals surface area contributed by atoms with Crippen molar-refractivity contribution in [1.29, 1.82) is 0 Å². The third kappa shape index (κ3) is 3.58. The lowest BCUT2D eigenvalue weighted by Crippen LogP contribution is -2.58. The SMILES string of the molecule is NC(=O)C1(NC(=O)CCc2ccc3ccccc3c2)CCCCC1. The molecule has 1 aliphatic rings. The number of hydrogen-bond donors (Lipinski definition) is 2. The molecule has 0 aliphatic heterocycles. The van der Waals surface area contributed by atoms with E-state index in [4.69, 9.17) is 5.73 Å². The van der Waals surface area contributed by atoms with Crippen LogP contribution in [0.4, 0.5) is 0 Å². The van der Waals surface area contributed by atoms with Gasteiger partial charge in [0.15, 0.2) is 0 Å². The molecule has 0 aromatic heterocycles. The van der Waals surface area contributed by atoms with E-state index >= 15 is 0 Å². The van der Waals surface area contributed by atoms with Crippen molar-refractivity contribution in [2.45, 2.75) is 50.5 Å². The molecule has 1 saturated carbocycles. The van der Waals surface area contributed by atoms with Crippen LogP contribution in [0.2, 0.25) is 0 Å². The standard InChI is InChI=1S/C20H24N2O2/c21-19(24)20(12-4-1-5-13-20)22-18(23)11-9-15-8-10-16-6-2-3-7-17(16)14-15/h2-3,6-8,10,14H,1,4-5,9,11-13H2,(H2,21,24)(H,22,23). The van der Waals surface area contributed by atoms with Crippen LogP contribution in [-0.4, -0.2) is 17.4 Å². The maximum absolute atomic E-state index is 12.3. The molecule has 2 aromatic rings. The Kier molecular flexibility index (Phi) is 4.84. The lowest BCUT2D eigenvalue weighted by atomic mass is 9.81. The Balaban J connectivity index is 1.62. The highest BCUT2D eigenvalue weighted by Gasteiger charge is 2.38. The third-order valence-corrected chi connectivity index (χ3v) is 5.01. The van der Waals surface area contributed by atoms with Crippen molar-refractivity contribution in [2.75, 3.05) is 0 Å². The van der Waals surface area contributed by atoms with E-state index in [9.17, 15) is 9.59 Å². The van der Waals surface area contributed by atoms with Crippen LogP contribution in [0.1, 0.15) is 44.1 Å². The lowest BCUT2D eigenvalue weighted by molar-refractivity contribution is -0.132. The zero-order valence-electron chi connectivity index (χ0n) is 13.9. The molecule has 4 nitrogen and oxygen atoms in total. The van der Waals surface area contributed by atoms with E-state index in [0.717, 1.165) is 24.8 Å². The molecule has 1 aliphatic carbocycles. The smallest absolute Gasteiger partial charge is 0.243 e. The van der Waals surface area contributed by atoms with Gasteiger partial charge in [-0.05, 0) is 35.6 Å². The summed E-state index contributed by atoms with van der Waals surface area (Å²) >= 11 is 0. The van der Waals surface area contributed by atoms with E-state index in [-0.39, 0.29) is 5.91 Å². The largest absolute Gasteiger partial charge is 0.368 e. The van der Waals surface area contributed by atoms with E-state index in [0.29, 0.717) is 25.7 Å². The van der Waals surface area contributed by atoms with Gasteiger partial charge in [0, 0.05) is 6.42 Å². The van der Waals surface area contributed by atoms with Crippen LogP contribution in [0, 0.1) is 0 Å². The first-order valence-corrected chi connectivity index (χ1v) is 8.68. The Morgan fingerprint density at radius 2 is 1.71 bits per heavy atom. The number of benzene rings is 2. The molecule has 24 heavy (non-hydrogen) atoms. The number of amides is 2. The fraction of sp³-hybridized carbons (Fsp3) is 0.400. The Bertz CT molecular complexity index is 748. The summed E-state index contributed by atoms with van der Waals surface area (Å²) in [7, 11) is 0. The molecule has 3 rings (SSSR count). The van der Waals surface area contributed by atoms with Crippen molar-refractivity contribution >= 4 is 22.6 Å². The van der Waals surface area contributed by atoms with E-state index < -0.39 is 11.4 Å². The van der Waals surface area contributed by atoms with Crippen molar-refractivity contribution in [3.63, 3.8) is 0 Å². The number of aryl methyl sites for hydroxylation is 1. The Hall–Kier alpha value is -2.36. The van der Waals surface area contributed by atoms with Crippen LogP contribution >= 0.6 is 0 Å². The molecule has 4 heteroatoms. The number of nitrogens with one attached hydrogen (secondary N) is 1. The van der Waals surface area contributed by atoms with E-state index in [1.807, 2.05) is 12.1 Å². The van der Waals surface area contributed by atoms with Crippen LogP contribution in [0.25, 0.3) is 10.8 Å². The normalized spacial score (nSPS) is 16.7. The molecule has 0 atom stereocenters. The molecule has 0 spiro atoms. The van der Waals surface area contributed by atoms with Gasteiger partial charge in [0.1, 0.15) is 5.54 Å². The molecule has 0 unspecified atom stereocenters. The number of nitrogens with two attached hydrogens (primary N) is 1. The quantitative estimate of drug-likeness (QED) is 0.887. The Morgan fingerprint density at radius 1 is 1.00 bits per heavy atom. The predicted octanol–water partition coefficient (Wildman–Crippen LogP) is 3.08. The van der Waals surface area contributed by atoms with Gasteiger partial charge in [0.25, 0.3) is 0 Å². The molecular weight excluding hydrogens is 300 g/mol. The summed E-state index contributed by atoms with van der Waals surface area (Å²) in [5, 5.41) is 5.30. The van der Waals surface area contributed by atoms with E-state index in [1.54, 1.807) is 0 Å². The third-order valence-electron chi connectivity index (χ3n) is 5.01. The van der Waals surface area contributed by atoms with Crippen LogP contribution in [0.5, 0.6) is 0 Å². The molecule has 1 fully saturated rings. The summed E-state index contributed by atoms with van der Waals surface area (Å²) in [6, 6.07) is 14.4. The predicted molar refractivity (Wildman–Crippen MR) is 95.4 cm³/mol. The monoisotopic (exact) mass is 324 g/mol. The number of carbonyl (C=O) groups is 2. The average molecular weight is 324 g/mol. The summed E-state index contributed by atoms with van der Waals surface area (Å²) in [6.45, 7) is 0. The van der Waals surface area contributed by atoms with E-state index in [1.165, 1.54) is 10.8 Å². The van der Waals surface area contributed by atoms with Crippen LogP contribution < -0.4 is 11.1 Å². The van der Waals surface area contributed by atoms with Crippen molar-refractivity contribution in [3.05, 3.63) is 48.0 Å². The van der Waals surface area contributed by atoms with E-state index in [2.05, 4.69) is 35.6 Å². The van der Waals surface area contributed by atoms with Crippen LogP contribution in [-0.2, 0) is 16.0 Å². The van der Waals surface area contributed by atoms with Crippen molar-refractivity contribution in [3.8, 4) is 0 Å². The second kappa shape index (κ2) is 7.04. The first-order valence-electron chi connectivity index (χ1n) is 8.68. The van der Waals surface area contributed by atoms with Gasteiger partial charge in [-0.1, -0.05) is 61.7 Å². The van der Waals surface area contributed by atoms with Gasteiger partial charge in [-0.2, -0.15) is 0 Å². The van der Waals surface area contributed by atoms with Gasteiger partial charge in [-0.25, -0.2) is 0 Å². The second-order valence-corrected chi connectivity index (χ2v) is 6.74. The van der Waals surface area contributed by atoms with Crippen molar-refractivity contribution in [2.24, 2.45) is 5.73 Å². The fourth-order valence-electron chi connectivity index (χ4n) is 3.57. The maximum Gasteiger partial charge on any atom is 0.243 e. The minimum absolute atomic E-state index is 0.0936. The minimum atomic E-state index is -0.835. The molecule has 2 aromatic carbocycles. The number of rotatable bonds is 5. The summed E-state index contributed by atoms with van der Waals surface area (Å²) in [5.41, 5.74) is 5.86. The highest BCUT2D eigenvalue weighted by Crippen LogP contribution is 2.28. The molecule has 3 N–H and O–H groups in total.